The van der Waals surface area contributed by atoms with E-state index in [0.29, 0.717) is 5.69 Å². The molecule has 96 valence electrons. The number of carbonyl (C=O) groups is 1. The Balaban J connectivity index is 2.20. The summed E-state index contributed by atoms with van der Waals surface area (Å²) in [7, 11) is 1.70. The van der Waals surface area contributed by atoms with E-state index in [-0.39, 0.29) is 5.56 Å². The highest BCUT2D eigenvalue weighted by molar-refractivity contribution is 5.95. The summed E-state index contributed by atoms with van der Waals surface area (Å²) in [5.74, 6) is -0.157. The van der Waals surface area contributed by atoms with Gasteiger partial charge >= 0.3 is 5.97 Å². The van der Waals surface area contributed by atoms with Gasteiger partial charge < -0.3 is 10.1 Å². The smallest absolute Gasteiger partial charge is 0.339 e. The monoisotopic (exact) mass is 256 g/mol. The molecule has 0 unspecified atom stereocenters. The first-order valence-electron chi connectivity index (χ1n) is 5.78. The molecule has 0 saturated carbocycles. The number of H-pyrrole nitrogens is 1. The Morgan fingerprint density at radius 2 is 2.21 bits per heavy atom. The highest BCUT2D eigenvalue weighted by Gasteiger charge is 2.16. The van der Waals surface area contributed by atoms with Gasteiger partial charge in [-0.25, -0.2) is 9.78 Å². The number of imidazole rings is 1. The van der Waals surface area contributed by atoms with Gasteiger partial charge in [0.2, 0.25) is 0 Å². The van der Waals surface area contributed by atoms with E-state index >= 15 is 0 Å². The fraction of sp³-hybridized carbons (Fsp3) is 0.154. The second-order valence-electron chi connectivity index (χ2n) is 4.42. The fourth-order valence-corrected chi connectivity index (χ4v) is 2.14. The Labute approximate surface area is 108 Å². The van der Waals surface area contributed by atoms with Gasteiger partial charge in [-0.3, -0.25) is 4.68 Å². The van der Waals surface area contributed by atoms with E-state index in [1.54, 1.807) is 7.05 Å². The molecular formula is C13H12N4O2. The van der Waals surface area contributed by atoms with Crippen LogP contribution in [0.3, 0.4) is 0 Å². The van der Waals surface area contributed by atoms with Crippen molar-refractivity contribution in [3.05, 3.63) is 35.8 Å². The molecule has 0 amide bonds. The standard InChI is InChI=1S/C13H12N4O2/c1-7-14-10-4-3-8(5-11(10)15-7)12-9(13(18)19)6-17(2)16-12/h3-6H,1-2H3,(H,14,15)(H,18,19). The number of nitrogens with one attached hydrogen (secondary N) is 1. The van der Waals surface area contributed by atoms with Crippen molar-refractivity contribution in [1.82, 2.24) is 19.7 Å². The van der Waals surface area contributed by atoms with Crippen molar-refractivity contribution in [1.29, 1.82) is 0 Å². The molecule has 3 rings (SSSR count). The lowest BCUT2D eigenvalue weighted by molar-refractivity contribution is 0.0697. The first-order chi connectivity index (χ1) is 9.04. The maximum atomic E-state index is 11.2. The van der Waals surface area contributed by atoms with Crippen LogP contribution in [-0.4, -0.2) is 30.8 Å². The van der Waals surface area contributed by atoms with E-state index in [4.69, 9.17) is 0 Å². The molecule has 0 saturated heterocycles. The molecule has 19 heavy (non-hydrogen) atoms. The van der Waals surface area contributed by atoms with Crippen molar-refractivity contribution in [3.8, 4) is 11.3 Å². The molecule has 2 aromatic heterocycles. The summed E-state index contributed by atoms with van der Waals surface area (Å²) in [5.41, 5.74) is 3.14. The molecule has 0 spiro atoms. The minimum absolute atomic E-state index is 0.193. The van der Waals surface area contributed by atoms with Crippen LogP contribution in [0.4, 0.5) is 0 Å². The number of carboxylic acids is 1. The van der Waals surface area contributed by atoms with Crippen LogP contribution in [0.15, 0.2) is 24.4 Å². The SMILES string of the molecule is Cc1nc2ccc(-c3nn(C)cc3C(=O)O)cc2[nH]1. The van der Waals surface area contributed by atoms with Gasteiger partial charge in [-0.1, -0.05) is 6.07 Å². The Hall–Kier alpha value is -2.63. The quantitative estimate of drug-likeness (QED) is 0.734. The summed E-state index contributed by atoms with van der Waals surface area (Å²) in [6.45, 7) is 1.88. The molecule has 0 aliphatic heterocycles. The van der Waals surface area contributed by atoms with Gasteiger partial charge in [0.05, 0.1) is 11.0 Å². The molecule has 0 aliphatic rings. The van der Waals surface area contributed by atoms with Crippen LogP contribution in [0.1, 0.15) is 16.2 Å². The lowest BCUT2D eigenvalue weighted by Gasteiger charge is -1.99. The molecule has 0 atom stereocenters. The molecule has 6 heteroatoms. The summed E-state index contributed by atoms with van der Waals surface area (Å²) < 4.78 is 1.50. The summed E-state index contributed by atoms with van der Waals surface area (Å²) in [4.78, 5) is 18.6. The van der Waals surface area contributed by atoms with E-state index in [9.17, 15) is 9.90 Å². The lowest BCUT2D eigenvalue weighted by Crippen LogP contribution is -1.96. The molecule has 6 nitrogen and oxygen atoms in total. The molecule has 2 heterocycles. The number of hydrogen-bond acceptors (Lipinski definition) is 3. The maximum Gasteiger partial charge on any atom is 0.339 e. The average Bonchev–Trinajstić information content (AvgIpc) is 2.89. The average molecular weight is 256 g/mol. The van der Waals surface area contributed by atoms with Gasteiger partial charge in [0.15, 0.2) is 0 Å². The fourth-order valence-electron chi connectivity index (χ4n) is 2.14. The van der Waals surface area contributed by atoms with Gasteiger partial charge in [-0.05, 0) is 19.1 Å². The van der Waals surface area contributed by atoms with Crippen molar-refractivity contribution in [2.24, 2.45) is 7.05 Å². The maximum absolute atomic E-state index is 11.2. The molecule has 2 N–H and O–H groups in total. The Morgan fingerprint density at radius 3 is 2.95 bits per heavy atom. The van der Waals surface area contributed by atoms with E-state index in [1.165, 1.54) is 10.9 Å². The first kappa shape index (κ1) is 11.5. The number of hydrogen-bond donors (Lipinski definition) is 2. The zero-order chi connectivity index (χ0) is 13.6. The molecule has 0 aliphatic carbocycles. The molecule has 3 aromatic rings. The largest absolute Gasteiger partial charge is 0.478 e. The van der Waals surface area contributed by atoms with Crippen molar-refractivity contribution in [3.63, 3.8) is 0 Å². The van der Waals surface area contributed by atoms with Crippen molar-refractivity contribution < 1.29 is 9.90 Å². The number of nitrogens with zero attached hydrogens (tertiary/aromatic N) is 3. The molecule has 1 aromatic carbocycles. The predicted molar refractivity (Wildman–Crippen MR) is 70.0 cm³/mol. The zero-order valence-corrected chi connectivity index (χ0v) is 10.5. The number of carboxylic acid groups (broad SMARTS) is 1. The summed E-state index contributed by atoms with van der Waals surface area (Å²) in [6, 6.07) is 5.55. The van der Waals surface area contributed by atoms with Crippen molar-refractivity contribution in [2.45, 2.75) is 6.92 Å². The number of fused-ring (bicyclic) bond motifs is 1. The Kier molecular flexibility index (Phi) is 2.38. The van der Waals surface area contributed by atoms with Crippen LogP contribution in [0.5, 0.6) is 0 Å². The van der Waals surface area contributed by atoms with Crippen LogP contribution in [0.25, 0.3) is 22.3 Å². The van der Waals surface area contributed by atoms with Gasteiger partial charge in [0.1, 0.15) is 17.1 Å². The zero-order valence-electron chi connectivity index (χ0n) is 10.5. The third-order valence-corrected chi connectivity index (χ3v) is 2.93. The summed E-state index contributed by atoms with van der Waals surface area (Å²) in [6.07, 6.45) is 1.50. The van der Waals surface area contributed by atoms with E-state index in [1.807, 2.05) is 25.1 Å². The van der Waals surface area contributed by atoms with Gasteiger partial charge in [0.25, 0.3) is 0 Å². The number of benzene rings is 1. The molecule has 0 radical (unpaired) electrons. The van der Waals surface area contributed by atoms with Gasteiger partial charge in [-0.2, -0.15) is 5.10 Å². The highest BCUT2D eigenvalue weighted by Crippen LogP contribution is 2.25. The summed E-state index contributed by atoms with van der Waals surface area (Å²) in [5, 5.41) is 13.4. The Bertz CT molecular complexity index is 785. The van der Waals surface area contributed by atoms with Gasteiger partial charge in [-0.15, -0.1) is 0 Å². The third kappa shape index (κ3) is 1.87. The normalized spacial score (nSPS) is 11.1. The minimum atomic E-state index is -0.982. The van der Waals surface area contributed by atoms with Crippen LogP contribution >= 0.6 is 0 Å². The second kappa shape index (κ2) is 3.94. The molecule has 0 bridgehead atoms. The number of rotatable bonds is 2. The molecular weight excluding hydrogens is 244 g/mol. The number of aromatic carboxylic acids is 1. The lowest BCUT2D eigenvalue weighted by atomic mass is 10.1. The van der Waals surface area contributed by atoms with Crippen LogP contribution in [-0.2, 0) is 7.05 Å². The van der Waals surface area contributed by atoms with Crippen molar-refractivity contribution in [2.75, 3.05) is 0 Å². The van der Waals surface area contributed by atoms with E-state index < -0.39 is 5.97 Å². The van der Waals surface area contributed by atoms with E-state index in [2.05, 4.69) is 15.1 Å². The number of aromatic nitrogens is 4. The highest BCUT2D eigenvalue weighted by atomic mass is 16.4. The first-order valence-corrected chi connectivity index (χ1v) is 5.78. The third-order valence-electron chi connectivity index (χ3n) is 2.93. The summed E-state index contributed by atoms with van der Waals surface area (Å²) >= 11 is 0. The van der Waals surface area contributed by atoms with Crippen LogP contribution < -0.4 is 0 Å². The van der Waals surface area contributed by atoms with E-state index in [0.717, 1.165) is 22.4 Å². The topological polar surface area (TPSA) is 83.8 Å². The van der Waals surface area contributed by atoms with Crippen LogP contribution in [0, 0.1) is 6.92 Å². The predicted octanol–water partition coefficient (Wildman–Crippen LogP) is 1.97. The minimum Gasteiger partial charge on any atom is -0.478 e. The molecule has 0 fully saturated rings. The Morgan fingerprint density at radius 1 is 1.42 bits per heavy atom. The van der Waals surface area contributed by atoms with Crippen LogP contribution in [0.2, 0.25) is 0 Å². The van der Waals surface area contributed by atoms with Crippen molar-refractivity contribution >= 4 is 17.0 Å². The second-order valence-corrected chi connectivity index (χ2v) is 4.42. The number of aromatic amines is 1. The number of aryl methyl sites for hydroxylation is 2. The van der Waals surface area contributed by atoms with Gasteiger partial charge in [0, 0.05) is 18.8 Å².